The van der Waals surface area contributed by atoms with Gasteiger partial charge in [0.15, 0.2) is 0 Å². The van der Waals surface area contributed by atoms with Gasteiger partial charge in [-0.15, -0.1) is 0 Å². The topological polar surface area (TPSA) is 113 Å². The van der Waals surface area contributed by atoms with Crippen LogP contribution in [0, 0.1) is 5.92 Å². The fourth-order valence-corrected chi connectivity index (χ4v) is 1.97. The smallest absolute Gasteiger partial charge is 0.328 e. The Morgan fingerprint density at radius 1 is 1.24 bits per heavy atom. The molecule has 0 saturated carbocycles. The molecule has 0 spiro atoms. The van der Waals surface area contributed by atoms with Crippen molar-refractivity contribution in [3.05, 3.63) is 42.0 Å². The van der Waals surface area contributed by atoms with Crippen LogP contribution in [-0.4, -0.2) is 35.2 Å². The first-order valence-corrected chi connectivity index (χ1v) is 6.68. The molecular formula is C15H20N2O4. The van der Waals surface area contributed by atoms with E-state index < -0.39 is 11.9 Å². The van der Waals surface area contributed by atoms with Crippen LogP contribution in [0.3, 0.4) is 0 Å². The molecule has 0 fully saturated rings. The van der Waals surface area contributed by atoms with Crippen molar-refractivity contribution in [3.63, 3.8) is 0 Å². The van der Waals surface area contributed by atoms with E-state index in [9.17, 15) is 9.59 Å². The molecule has 0 radical (unpaired) electrons. The molecule has 1 aliphatic heterocycles. The Balaban J connectivity index is 0.000000240. The summed E-state index contributed by atoms with van der Waals surface area (Å²) in [5.74, 6) is -1.88. The average molecular weight is 292 g/mol. The summed E-state index contributed by atoms with van der Waals surface area (Å²) in [4.78, 5) is 19.1. The summed E-state index contributed by atoms with van der Waals surface area (Å²) in [5.41, 5.74) is 8.39. The fraction of sp³-hybridized carbons (Fsp3) is 0.333. The number of carbonyl (C=O) groups is 2. The highest BCUT2D eigenvalue weighted by molar-refractivity contribution is 5.89. The van der Waals surface area contributed by atoms with E-state index in [1.165, 1.54) is 17.7 Å². The van der Waals surface area contributed by atoms with Gasteiger partial charge in [0.25, 0.3) is 0 Å². The molecule has 5 N–H and O–H groups in total. The maximum Gasteiger partial charge on any atom is 0.328 e. The van der Waals surface area contributed by atoms with Gasteiger partial charge in [0.2, 0.25) is 0 Å². The van der Waals surface area contributed by atoms with E-state index in [-0.39, 0.29) is 0 Å². The molecule has 2 rings (SSSR count). The van der Waals surface area contributed by atoms with Gasteiger partial charge in [0, 0.05) is 24.4 Å². The minimum atomic E-state index is -1.26. The normalized spacial score (nSPS) is 16.9. The minimum absolute atomic E-state index is 0.558. The predicted octanol–water partition coefficient (Wildman–Crippen LogP) is 1.33. The average Bonchev–Trinajstić information content (AvgIpc) is 2.68. The second-order valence-corrected chi connectivity index (χ2v) is 4.69. The van der Waals surface area contributed by atoms with E-state index in [2.05, 4.69) is 29.6 Å². The van der Waals surface area contributed by atoms with Gasteiger partial charge in [0.1, 0.15) is 0 Å². The Morgan fingerprint density at radius 3 is 2.43 bits per heavy atom. The SMILES string of the molecule is NCC1CCc2ccccc2NC1.O=C(O)/C=C/C(=O)O. The molecule has 0 saturated heterocycles. The Bertz CT molecular complexity index is 471. The number of hydrogen-bond acceptors (Lipinski definition) is 4. The lowest BCUT2D eigenvalue weighted by molar-refractivity contribution is -0.134. The van der Waals surface area contributed by atoms with Crippen molar-refractivity contribution in [2.75, 3.05) is 18.4 Å². The molecule has 114 valence electrons. The van der Waals surface area contributed by atoms with Crippen molar-refractivity contribution < 1.29 is 19.8 Å². The third-order valence-corrected chi connectivity index (χ3v) is 3.12. The highest BCUT2D eigenvalue weighted by atomic mass is 16.4. The van der Waals surface area contributed by atoms with Crippen molar-refractivity contribution in [1.82, 2.24) is 0 Å². The first kappa shape index (κ1) is 16.7. The van der Waals surface area contributed by atoms with Crippen LogP contribution in [0.5, 0.6) is 0 Å². The summed E-state index contributed by atoms with van der Waals surface area (Å²) in [6.07, 6.45) is 3.48. The molecule has 1 aromatic carbocycles. The Labute approximate surface area is 123 Å². The first-order valence-electron chi connectivity index (χ1n) is 6.68. The van der Waals surface area contributed by atoms with Crippen molar-refractivity contribution in [1.29, 1.82) is 0 Å². The number of aliphatic carboxylic acids is 2. The number of benzene rings is 1. The highest BCUT2D eigenvalue weighted by Crippen LogP contribution is 2.22. The van der Waals surface area contributed by atoms with E-state index >= 15 is 0 Å². The molecule has 0 bridgehead atoms. The molecular weight excluding hydrogens is 272 g/mol. The number of nitrogens with one attached hydrogen (secondary N) is 1. The molecule has 1 heterocycles. The van der Waals surface area contributed by atoms with Crippen molar-refractivity contribution in [2.24, 2.45) is 11.7 Å². The largest absolute Gasteiger partial charge is 0.478 e. The van der Waals surface area contributed by atoms with Crippen LogP contribution in [0.15, 0.2) is 36.4 Å². The van der Waals surface area contributed by atoms with Crippen LogP contribution in [0.2, 0.25) is 0 Å². The molecule has 0 amide bonds. The van der Waals surface area contributed by atoms with E-state index in [4.69, 9.17) is 15.9 Å². The Hall–Kier alpha value is -2.34. The van der Waals surface area contributed by atoms with E-state index in [1.807, 2.05) is 0 Å². The van der Waals surface area contributed by atoms with Crippen molar-refractivity contribution >= 4 is 17.6 Å². The van der Waals surface area contributed by atoms with Crippen LogP contribution in [0.4, 0.5) is 5.69 Å². The quantitative estimate of drug-likeness (QED) is 0.625. The van der Waals surface area contributed by atoms with Gasteiger partial charge in [-0.25, -0.2) is 9.59 Å². The molecule has 1 aliphatic rings. The second kappa shape index (κ2) is 8.76. The van der Waals surface area contributed by atoms with Gasteiger partial charge >= 0.3 is 11.9 Å². The third kappa shape index (κ3) is 6.58. The van der Waals surface area contributed by atoms with Crippen LogP contribution < -0.4 is 11.1 Å². The van der Waals surface area contributed by atoms with E-state index in [1.54, 1.807) is 0 Å². The van der Waals surface area contributed by atoms with Gasteiger partial charge in [0.05, 0.1) is 0 Å². The summed E-state index contributed by atoms with van der Waals surface area (Å²) in [6, 6.07) is 8.52. The number of para-hydroxylation sites is 1. The number of aryl methyl sites for hydroxylation is 1. The standard InChI is InChI=1S/C11H16N2.C4H4O4/c12-7-9-5-6-10-3-1-2-4-11(10)13-8-9;5-3(6)1-2-4(7)8/h1-4,9,13H,5-8,12H2;1-2H,(H,5,6)(H,7,8)/b;2-1+. The van der Waals surface area contributed by atoms with Gasteiger partial charge in [-0.1, -0.05) is 18.2 Å². The number of carboxylic acid groups (broad SMARTS) is 2. The molecule has 0 aliphatic carbocycles. The minimum Gasteiger partial charge on any atom is -0.478 e. The maximum absolute atomic E-state index is 9.55. The van der Waals surface area contributed by atoms with Crippen LogP contribution in [0.1, 0.15) is 12.0 Å². The summed E-state index contributed by atoms with van der Waals surface area (Å²) >= 11 is 0. The van der Waals surface area contributed by atoms with Crippen LogP contribution >= 0.6 is 0 Å². The second-order valence-electron chi connectivity index (χ2n) is 4.69. The zero-order chi connectivity index (χ0) is 15.7. The highest BCUT2D eigenvalue weighted by Gasteiger charge is 2.13. The summed E-state index contributed by atoms with van der Waals surface area (Å²) < 4.78 is 0. The van der Waals surface area contributed by atoms with Crippen LogP contribution in [0.25, 0.3) is 0 Å². The molecule has 1 aromatic rings. The lowest BCUT2D eigenvalue weighted by Gasteiger charge is -2.10. The Kier molecular flexibility index (Phi) is 6.97. The lowest BCUT2D eigenvalue weighted by atomic mass is 10.0. The Morgan fingerprint density at radius 2 is 1.86 bits per heavy atom. The third-order valence-electron chi connectivity index (χ3n) is 3.12. The van der Waals surface area contributed by atoms with Crippen molar-refractivity contribution in [3.8, 4) is 0 Å². The lowest BCUT2D eigenvalue weighted by Crippen LogP contribution is -2.21. The number of fused-ring (bicyclic) bond motifs is 1. The number of carboxylic acids is 2. The number of rotatable bonds is 3. The molecule has 1 atom stereocenters. The summed E-state index contributed by atoms with van der Waals surface area (Å²) in [6.45, 7) is 1.81. The number of nitrogens with two attached hydrogens (primary N) is 1. The summed E-state index contributed by atoms with van der Waals surface area (Å²) in [7, 11) is 0. The van der Waals surface area contributed by atoms with Crippen LogP contribution in [-0.2, 0) is 16.0 Å². The molecule has 6 heteroatoms. The fourth-order valence-electron chi connectivity index (χ4n) is 1.97. The van der Waals surface area contributed by atoms with Gasteiger partial charge in [-0.05, 0) is 36.9 Å². The van der Waals surface area contributed by atoms with Gasteiger partial charge < -0.3 is 21.3 Å². The zero-order valence-corrected chi connectivity index (χ0v) is 11.7. The van der Waals surface area contributed by atoms with Gasteiger partial charge in [-0.3, -0.25) is 0 Å². The first-order chi connectivity index (χ1) is 10.0. The molecule has 0 aromatic heterocycles. The predicted molar refractivity (Wildman–Crippen MR) is 80.2 cm³/mol. The van der Waals surface area contributed by atoms with E-state index in [0.29, 0.717) is 18.1 Å². The zero-order valence-electron chi connectivity index (χ0n) is 11.7. The summed E-state index contributed by atoms with van der Waals surface area (Å²) in [5, 5.41) is 19.1. The van der Waals surface area contributed by atoms with E-state index in [0.717, 1.165) is 19.5 Å². The number of hydrogen-bond donors (Lipinski definition) is 4. The number of anilines is 1. The maximum atomic E-state index is 9.55. The van der Waals surface area contributed by atoms with Crippen molar-refractivity contribution in [2.45, 2.75) is 12.8 Å². The molecule has 21 heavy (non-hydrogen) atoms. The molecule has 6 nitrogen and oxygen atoms in total. The van der Waals surface area contributed by atoms with Gasteiger partial charge in [-0.2, -0.15) is 0 Å². The monoisotopic (exact) mass is 292 g/mol. The molecule has 1 unspecified atom stereocenters.